The molecule has 2 aromatic rings. The second-order valence-electron chi connectivity index (χ2n) is 6.78. The Morgan fingerprint density at radius 1 is 1.33 bits per heavy atom. The third-order valence-electron chi connectivity index (χ3n) is 4.53. The van der Waals surface area contributed by atoms with E-state index < -0.39 is 17.9 Å². The van der Waals surface area contributed by atoms with E-state index in [4.69, 9.17) is 4.74 Å². The highest BCUT2D eigenvalue weighted by Crippen LogP contribution is 2.26. The van der Waals surface area contributed by atoms with Crippen LogP contribution in [0.5, 0.6) is 5.75 Å². The van der Waals surface area contributed by atoms with Crippen LogP contribution in [0.3, 0.4) is 0 Å². The molecule has 0 saturated carbocycles. The normalized spacial score (nSPS) is 13.0. The van der Waals surface area contributed by atoms with Gasteiger partial charge >= 0.3 is 6.03 Å². The van der Waals surface area contributed by atoms with Crippen molar-refractivity contribution in [3.05, 3.63) is 64.5 Å². The number of benzene rings is 2. The number of nitrogens with one attached hydrogen (secondary N) is 2. The topological polar surface area (TPSA) is 87.7 Å². The van der Waals surface area contributed by atoms with Gasteiger partial charge in [-0.1, -0.05) is 17.9 Å². The van der Waals surface area contributed by atoms with E-state index in [-0.39, 0.29) is 18.9 Å². The first-order valence-corrected chi connectivity index (χ1v) is 9.15. The molecule has 0 aromatic heterocycles. The fraction of sp³-hybridized carbons (Fsp3) is 0.227. The van der Waals surface area contributed by atoms with Gasteiger partial charge in [0.2, 0.25) is 6.41 Å². The first-order valence-electron chi connectivity index (χ1n) is 9.15. The van der Waals surface area contributed by atoms with Crippen LogP contribution in [0.4, 0.5) is 9.18 Å². The molecule has 0 saturated heterocycles. The number of fused-ring (bicyclic) bond motifs is 1. The first kappa shape index (κ1) is 20.9. The number of ether oxygens (including phenoxy) is 1. The Balaban J connectivity index is 1.81. The quantitative estimate of drug-likeness (QED) is 0.584. The molecule has 1 atom stereocenters. The average molecular weight is 409 g/mol. The maximum absolute atomic E-state index is 13.6. The molecule has 0 bridgehead atoms. The second-order valence-corrected chi connectivity index (χ2v) is 6.78. The van der Waals surface area contributed by atoms with Crippen LogP contribution in [0.1, 0.15) is 27.0 Å². The summed E-state index contributed by atoms with van der Waals surface area (Å²) in [5.41, 5.74) is 2.52. The van der Waals surface area contributed by atoms with Gasteiger partial charge in [0.25, 0.3) is 5.91 Å². The zero-order valence-electron chi connectivity index (χ0n) is 16.5. The highest BCUT2D eigenvalue weighted by Gasteiger charge is 2.29. The molecule has 30 heavy (non-hydrogen) atoms. The number of aryl methyl sites for hydroxylation is 1. The summed E-state index contributed by atoms with van der Waals surface area (Å²) in [7, 11) is 1.52. The third kappa shape index (κ3) is 4.94. The molecule has 3 rings (SSSR count). The number of hydrogen-bond donors (Lipinski definition) is 2. The van der Waals surface area contributed by atoms with E-state index in [1.165, 1.54) is 19.2 Å². The monoisotopic (exact) mass is 409 g/mol. The van der Waals surface area contributed by atoms with Crippen molar-refractivity contribution >= 4 is 18.3 Å². The number of halogens is 1. The molecule has 8 heteroatoms. The molecule has 0 fully saturated rings. The number of urea groups is 1. The molecule has 2 aromatic carbocycles. The van der Waals surface area contributed by atoms with Gasteiger partial charge in [0.1, 0.15) is 17.6 Å². The predicted molar refractivity (Wildman–Crippen MR) is 107 cm³/mol. The van der Waals surface area contributed by atoms with Gasteiger partial charge in [0.15, 0.2) is 0 Å². The summed E-state index contributed by atoms with van der Waals surface area (Å²) >= 11 is 0. The molecule has 154 valence electrons. The van der Waals surface area contributed by atoms with E-state index in [2.05, 4.69) is 17.2 Å². The lowest BCUT2D eigenvalue weighted by molar-refractivity contribution is -0.108. The molecule has 0 aliphatic carbocycles. The van der Waals surface area contributed by atoms with Gasteiger partial charge in [-0.05, 0) is 48.4 Å². The van der Waals surface area contributed by atoms with Crippen LogP contribution >= 0.6 is 0 Å². The summed E-state index contributed by atoms with van der Waals surface area (Å²) in [6.45, 7) is 2.19. The largest absolute Gasteiger partial charge is 0.497 e. The molecule has 0 unspecified atom stereocenters. The van der Waals surface area contributed by atoms with E-state index in [9.17, 15) is 18.8 Å². The van der Waals surface area contributed by atoms with Crippen LogP contribution in [-0.4, -0.2) is 42.9 Å². The lowest BCUT2D eigenvalue weighted by Crippen LogP contribution is -2.46. The number of methoxy groups -OCH3 is 1. The fourth-order valence-electron chi connectivity index (χ4n) is 3.19. The van der Waals surface area contributed by atoms with E-state index in [0.29, 0.717) is 29.0 Å². The van der Waals surface area contributed by atoms with Gasteiger partial charge in [-0.3, -0.25) is 14.9 Å². The van der Waals surface area contributed by atoms with Crippen LogP contribution in [0.2, 0.25) is 0 Å². The van der Waals surface area contributed by atoms with Crippen LogP contribution in [0, 0.1) is 24.6 Å². The summed E-state index contributed by atoms with van der Waals surface area (Å²) in [5, 5.41) is 4.53. The van der Waals surface area contributed by atoms with E-state index >= 15 is 0 Å². The smallest absolute Gasteiger partial charge is 0.322 e. The summed E-state index contributed by atoms with van der Waals surface area (Å²) in [6, 6.07) is 8.10. The highest BCUT2D eigenvalue weighted by molar-refractivity contribution is 5.98. The van der Waals surface area contributed by atoms with Gasteiger partial charge in [-0.2, -0.15) is 0 Å². The van der Waals surface area contributed by atoms with E-state index in [1.54, 1.807) is 30.0 Å². The van der Waals surface area contributed by atoms with Gasteiger partial charge < -0.3 is 15.0 Å². The van der Waals surface area contributed by atoms with E-state index in [1.807, 2.05) is 11.4 Å². The molecule has 0 radical (unpaired) electrons. The molecular weight excluding hydrogens is 389 g/mol. The number of carbonyl (C=O) groups is 3. The summed E-state index contributed by atoms with van der Waals surface area (Å²) in [5.74, 6) is 5.62. The number of nitrogens with zero attached hydrogens (tertiary/aromatic N) is 1. The van der Waals surface area contributed by atoms with Crippen molar-refractivity contribution in [3.63, 3.8) is 0 Å². The molecule has 1 aliphatic rings. The Morgan fingerprint density at radius 2 is 2.13 bits per heavy atom. The van der Waals surface area contributed by atoms with Gasteiger partial charge in [-0.15, -0.1) is 0 Å². The Bertz CT molecular complexity index is 1040. The minimum atomic E-state index is -0.784. The van der Waals surface area contributed by atoms with Crippen LogP contribution in [0.25, 0.3) is 0 Å². The van der Waals surface area contributed by atoms with Crippen molar-refractivity contribution in [2.45, 2.75) is 19.5 Å². The lowest BCUT2D eigenvalue weighted by atomic mass is 10.1. The standard InChI is InChI=1S/C22H20FN3O4/c1-14-7-15(9-17(23)8-14)3-5-18(25-22(29)24-13-27)12-26-11-16-4-6-19(30-2)10-20(16)21(26)28/h4,6-10,13,18H,11-12H2,1-2H3,(H2,24,25,27,29)/t18-/m1/s1. The predicted octanol–water partition coefficient (Wildman–Crippen LogP) is 1.97. The Hall–Kier alpha value is -3.86. The zero-order chi connectivity index (χ0) is 21.7. The summed E-state index contributed by atoms with van der Waals surface area (Å²) < 4.78 is 18.8. The number of imide groups is 1. The van der Waals surface area contributed by atoms with Crippen molar-refractivity contribution in [3.8, 4) is 17.6 Å². The minimum Gasteiger partial charge on any atom is -0.497 e. The molecular formula is C22H20FN3O4. The van der Waals surface area contributed by atoms with Crippen molar-refractivity contribution in [1.29, 1.82) is 0 Å². The fourth-order valence-corrected chi connectivity index (χ4v) is 3.19. The number of hydrogen-bond acceptors (Lipinski definition) is 4. The third-order valence-corrected chi connectivity index (χ3v) is 4.53. The van der Waals surface area contributed by atoms with Gasteiger partial charge in [0, 0.05) is 17.7 Å². The van der Waals surface area contributed by atoms with Crippen LogP contribution in [0.15, 0.2) is 36.4 Å². The van der Waals surface area contributed by atoms with Crippen LogP contribution < -0.4 is 15.4 Å². The zero-order valence-corrected chi connectivity index (χ0v) is 16.5. The number of carbonyl (C=O) groups excluding carboxylic acids is 3. The van der Waals surface area contributed by atoms with Gasteiger partial charge in [0.05, 0.1) is 13.7 Å². The molecule has 7 nitrogen and oxygen atoms in total. The SMILES string of the molecule is COc1ccc2c(c1)C(=O)N(C[C@@H](C#Cc1cc(C)cc(F)c1)NC(=O)NC=O)C2. The van der Waals surface area contributed by atoms with Crippen molar-refractivity contribution in [2.75, 3.05) is 13.7 Å². The maximum atomic E-state index is 13.6. The molecule has 0 spiro atoms. The number of rotatable bonds is 5. The Kier molecular flexibility index (Phi) is 6.32. The molecule has 2 N–H and O–H groups in total. The Morgan fingerprint density at radius 3 is 2.83 bits per heavy atom. The van der Waals surface area contributed by atoms with Crippen molar-refractivity contribution in [2.24, 2.45) is 0 Å². The minimum absolute atomic E-state index is 0.0867. The average Bonchev–Trinajstić information content (AvgIpc) is 3.00. The highest BCUT2D eigenvalue weighted by atomic mass is 19.1. The van der Waals surface area contributed by atoms with Crippen LogP contribution in [-0.2, 0) is 11.3 Å². The lowest BCUT2D eigenvalue weighted by Gasteiger charge is -2.21. The number of amides is 4. The summed E-state index contributed by atoms with van der Waals surface area (Å²) in [4.78, 5) is 36.7. The maximum Gasteiger partial charge on any atom is 0.322 e. The first-order chi connectivity index (χ1) is 14.4. The molecule has 1 aliphatic heterocycles. The van der Waals surface area contributed by atoms with Crippen molar-refractivity contribution in [1.82, 2.24) is 15.5 Å². The Labute approximate surface area is 173 Å². The molecule has 1 heterocycles. The molecule has 4 amide bonds. The summed E-state index contributed by atoms with van der Waals surface area (Å²) in [6.07, 6.45) is 0.249. The second kappa shape index (κ2) is 9.09. The van der Waals surface area contributed by atoms with Crippen molar-refractivity contribution < 1.29 is 23.5 Å². The van der Waals surface area contributed by atoms with Gasteiger partial charge in [-0.25, -0.2) is 9.18 Å². The van der Waals surface area contributed by atoms with E-state index in [0.717, 1.165) is 5.56 Å².